The Bertz CT molecular complexity index is 2480. The highest BCUT2D eigenvalue weighted by atomic mass is 32.2. The molecule has 4 aliphatic heterocycles. The summed E-state index contributed by atoms with van der Waals surface area (Å²) in [6.45, 7) is 0. The maximum atomic E-state index is 6.75. The summed E-state index contributed by atoms with van der Waals surface area (Å²) in [5.74, 6) is 3.05. The molecule has 6 heterocycles. The van der Waals surface area contributed by atoms with Crippen molar-refractivity contribution in [2.75, 3.05) is 0 Å². The number of aromatic nitrogens is 2. The Morgan fingerprint density at radius 3 is 1.65 bits per heavy atom. The largest absolute Gasteiger partial charge is 0.457 e. The molecule has 2 unspecified atom stereocenters. The van der Waals surface area contributed by atoms with Crippen molar-refractivity contribution in [3.8, 4) is 34.3 Å². The van der Waals surface area contributed by atoms with E-state index in [4.69, 9.17) is 19.4 Å². The fourth-order valence-electron chi connectivity index (χ4n) is 9.35. The number of para-hydroxylation sites is 2. The minimum absolute atomic E-state index is 0.541. The van der Waals surface area contributed by atoms with E-state index in [1.165, 1.54) is 36.9 Å². The number of hydrogen-bond donors (Lipinski definition) is 0. The molecule has 8 aromatic rings. The molecule has 0 bridgehead atoms. The molecule has 6 heteroatoms. The van der Waals surface area contributed by atoms with Crippen molar-refractivity contribution >= 4 is 23.5 Å². The molecule has 0 aliphatic carbocycles. The third kappa shape index (κ3) is 3.91. The van der Waals surface area contributed by atoms with Crippen LogP contribution >= 0.6 is 23.5 Å². The molecule has 0 radical (unpaired) electrons. The Hall–Kier alpha value is -6.08. The lowest BCUT2D eigenvalue weighted by Gasteiger charge is -2.45. The molecule has 4 nitrogen and oxygen atoms in total. The summed E-state index contributed by atoms with van der Waals surface area (Å²) in [6.07, 6.45) is 3.72. The molecule has 0 fully saturated rings. The molecule has 0 saturated carbocycles. The van der Waals surface area contributed by atoms with Crippen LogP contribution < -0.4 is 9.47 Å². The van der Waals surface area contributed by atoms with Crippen LogP contribution in [-0.4, -0.2) is 9.97 Å². The Kier molecular flexibility index (Phi) is 6.31. The van der Waals surface area contributed by atoms with Gasteiger partial charge < -0.3 is 9.47 Å². The van der Waals surface area contributed by atoms with Crippen LogP contribution in [0.2, 0.25) is 0 Å². The molecule has 254 valence electrons. The predicted molar refractivity (Wildman–Crippen MR) is 212 cm³/mol. The molecule has 0 N–H and O–H groups in total. The second-order valence-corrected chi connectivity index (χ2v) is 16.1. The van der Waals surface area contributed by atoms with Crippen molar-refractivity contribution < 1.29 is 9.47 Å². The van der Waals surface area contributed by atoms with E-state index < -0.39 is 10.8 Å². The molecule has 12 rings (SSSR count). The summed E-state index contributed by atoms with van der Waals surface area (Å²) in [7, 11) is 0. The minimum atomic E-state index is -0.715. The normalized spacial score (nSPS) is 19.0. The van der Waals surface area contributed by atoms with Gasteiger partial charge in [-0.3, -0.25) is 0 Å². The Morgan fingerprint density at radius 2 is 0.889 bits per heavy atom. The van der Waals surface area contributed by atoms with Gasteiger partial charge in [-0.05, 0) is 88.5 Å². The molecule has 4 aliphatic rings. The molecule has 2 aromatic heterocycles. The van der Waals surface area contributed by atoms with Crippen LogP contribution in [0.5, 0.6) is 23.1 Å². The van der Waals surface area contributed by atoms with Crippen LogP contribution in [0.25, 0.3) is 11.1 Å². The van der Waals surface area contributed by atoms with Gasteiger partial charge in [-0.2, -0.15) is 0 Å². The molecule has 54 heavy (non-hydrogen) atoms. The van der Waals surface area contributed by atoms with Gasteiger partial charge in [0.15, 0.2) is 0 Å². The van der Waals surface area contributed by atoms with E-state index >= 15 is 0 Å². The van der Waals surface area contributed by atoms with E-state index in [2.05, 4.69) is 133 Å². The number of nitrogens with zero attached hydrogens (tertiary/aromatic N) is 2. The summed E-state index contributed by atoms with van der Waals surface area (Å²) < 4.78 is 13.3. The molecule has 0 amide bonds. The van der Waals surface area contributed by atoms with Crippen molar-refractivity contribution in [2.24, 2.45) is 0 Å². The summed E-state index contributed by atoms with van der Waals surface area (Å²) in [6, 6.07) is 56.7. The first-order chi connectivity index (χ1) is 26.7. The maximum absolute atomic E-state index is 6.75. The quantitative estimate of drug-likeness (QED) is 0.168. The fraction of sp³-hybridized carbons (Fsp3) is 0.0417. The lowest BCUT2D eigenvalue weighted by atomic mass is 9.62. The monoisotopic (exact) mass is 728 g/mol. The van der Waals surface area contributed by atoms with E-state index in [9.17, 15) is 0 Å². The highest BCUT2D eigenvalue weighted by molar-refractivity contribution is 7.99. The van der Waals surface area contributed by atoms with Gasteiger partial charge in [-0.25, -0.2) is 9.97 Å². The third-order valence-electron chi connectivity index (χ3n) is 11.5. The van der Waals surface area contributed by atoms with E-state index in [0.29, 0.717) is 5.88 Å². The molecule has 2 atom stereocenters. The lowest BCUT2D eigenvalue weighted by molar-refractivity contribution is 0.390. The Balaban J connectivity index is 1.14. The van der Waals surface area contributed by atoms with Gasteiger partial charge >= 0.3 is 0 Å². The first-order valence-electron chi connectivity index (χ1n) is 18.0. The summed E-state index contributed by atoms with van der Waals surface area (Å²) in [5.41, 5.74) is 10.2. The van der Waals surface area contributed by atoms with Crippen LogP contribution in [0.4, 0.5) is 0 Å². The lowest BCUT2D eigenvalue weighted by Crippen LogP contribution is -2.37. The number of ether oxygens (including phenoxy) is 2. The van der Waals surface area contributed by atoms with Crippen LogP contribution in [0.3, 0.4) is 0 Å². The topological polar surface area (TPSA) is 44.2 Å². The third-order valence-corrected chi connectivity index (χ3v) is 13.7. The number of benzene rings is 6. The van der Waals surface area contributed by atoms with Gasteiger partial charge in [0.25, 0.3) is 0 Å². The molecule has 6 aromatic carbocycles. The average Bonchev–Trinajstić information content (AvgIpc) is 3.23. The minimum Gasteiger partial charge on any atom is -0.457 e. The van der Waals surface area contributed by atoms with Crippen molar-refractivity contribution in [1.29, 1.82) is 0 Å². The van der Waals surface area contributed by atoms with Crippen molar-refractivity contribution in [3.63, 3.8) is 0 Å². The van der Waals surface area contributed by atoms with Gasteiger partial charge in [0.05, 0.1) is 10.8 Å². The Morgan fingerprint density at radius 1 is 0.370 bits per heavy atom. The summed E-state index contributed by atoms with van der Waals surface area (Å²) >= 11 is 3.62. The van der Waals surface area contributed by atoms with Gasteiger partial charge in [0, 0.05) is 54.9 Å². The van der Waals surface area contributed by atoms with Crippen molar-refractivity contribution in [3.05, 3.63) is 215 Å². The first kappa shape index (κ1) is 30.4. The molecular formula is C48H28N2O2S2. The number of rotatable bonds is 1. The van der Waals surface area contributed by atoms with Crippen molar-refractivity contribution in [1.82, 2.24) is 9.97 Å². The standard InChI is InChI=1S/C48H28N2O2S2/c1-5-17-39-31(11-1)47(32-12-2-6-18-40(32)52-45-35(47)15-9-25-49-45)37-27-29(21-23-41(37)51-39)30-22-24-44-38(28-30)48(33-13-3-7-19-42(33)53-44)34-14-4-8-20-43(34)54-46-36(48)16-10-26-50-46/h1-28H. The number of fused-ring (bicyclic) bond motifs is 16. The Labute approximate surface area is 320 Å². The van der Waals surface area contributed by atoms with Crippen LogP contribution in [0.1, 0.15) is 44.5 Å². The van der Waals surface area contributed by atoms with Crippen molar-refractivity contribution in [2.45, 2.75) is 30.5 Å². The maximum Gasteiger partial charge on any atom is 0.224 e. The van der Waals surface area contributed by atoms with E-state index in [0.717, 1.165) is 55.7 Å². The van der Waals surface area contributed by atoms with Gasteiger partial charge in [0.1, 0.15) is 22.3 Å². The van der Waals surface area contributed by atoms with Crippen LogP contribution in [-0.2, 0) is 10.8 Å². The summed E-state index contributed by atoms with van der Waals surface area (Å²) in [4.78, 5) is 13.5. The van der Waals surface area contributed by atoms with E-state index in [-0.39, 0.29) is 0 Å². The smallest absolute Gasteiger partial charge is 0.224 e. The fourth-order valence-corrected chi connectivity index (χ4v) is 11.6. The van der Waals surface area contributed by atoms with Crippen LogP contribution in [0.15, 0.2) is 190 Å². The van der Waals surface area contributed by atoms with Gasteiger partial charge in [0.2, 0.25) is 5.88 Å². The molecular weight excluding hydrogens is 701 g/mol. The second kappa shape index (κ2) is 11.2. The molecule has 2 spiro atoms. The second-order valence-electron chi connectivity index (χ2n) is 14.0. The molecule has 0 saturated heterocycles. The SMILES string of the molecule is c1ccc2c(c1)Oc1ccc(-c3ccc4c(c3)C3(c5ccccc5S4)c4ccccc4Sc4ncccc43)cc1C21c2ccccc2Oc2ncccc21. The van der Waals surface area contributed by atoms with Gasteiger partial charge in [-0.1, -0.05) is 121 Å². The zero-order chi connectivity index (χ0) is 35.4. The van der Waals surface area contributed by atoms with E-state index in [1.807, 2.05) is 42.2 Å². The van der Waals surface area contributed by atoms with Gasteiger partial charge in [-0.15, -0.1) is 0 Å². The number of hydrogen-bond acceptors (Lipinski definition) is 6. The zero-order valence-electron chi connectivity index (χ0n) is 28.7. The zero-order valence-corrected chi connectivity index (χ0v) is 30.3. The van der Waals surface area contributed by atoms with E-state index in [1.54, 1.807) is 18.0 Å². The average molecular weight is 729 g/mol. The summed E-state index contributed by atoms with van der Waals surface area (Å²) in [5, 5.41) is 1.05. The number of pyridine rings is 2. The highest BCUT2D eigenvalue weighted by Gasteiger charge is 2.52. The van der Waals surface area contributed by atoms with Crippen LogP contribution in [0, 0.1) is 0 Å². The highest BCUT2D eigenvalue weighted by Crippen LogP contribution is 2.63. The first-order valence-corrected chi connectivity index (χ1v) is 19.7. The predicted octanol–water partition coefficient (Wildman–Crippen LogP) is 12.0.